The van der Waals surface area contributed by atoms with Crippen LogP contribution in [0.3, 0.4) is 0 Å². The van der Waals surface area contributed by atoms with Crippen molar-refractivity contribution in [1.82, 2.24) is 41.4 Å². The van der Waals surface area contributed by atoms with Crippen molar-refractivity contribution in [2.75, 3.05) is 45.2 Å². The molecule has 2 atom stereocenters. The van der Waals surface area contributed by atoms with Crippen LogP contribution in [0.15, 0.2) is 71.8 Å². The third-order valence-corrected chi connectivity index (χ3v) is 13.0. The van der Waals surface area contributed by atoms with E-state index in [0.717, 1.165) is 38.2 Å². The van der Waals surface area contributed by atoms with Gasteiger partial charge in [-0.05, 0) is 60.6 Å². The van der Waals surface area contributed by atoms with E-state index in [4.69, 9.17) is 9.72 Å². The van der Waals surface area contributed by atoms with Gasteiger partial charge in [-0.3, -0.25) is 38.5 Å². The number of fused-ring (bicyclic) bond motifs is 4. The lowest BCUT2D eigenvalue weighted by molar-refractivity contribution is -0.163. The second kappa shape index (κ2) is 21.8. The van der Waals surface area contributed by atoms with Gasteiger partial charge < -0.3 is 41.3 Å². The number of carbonyl (C=O) groups excluding carboxylic acids is 8. The smallest absolute Gasteiger partial charge is 0.343 e. The topological polar surface area (TPSA) is 246 Å². The van der Waals surface area contributed by atoms with Crippen molar-refractivity contribution in [3.63, 3.8) is 0 Å². The molecule has 1 aromatic heterocycles. The van der Waals surface area contributed by atoms with E-state index in [1.54, 1.807) is 56.3 Å². The van der Waals surface area contributed by atoms with Crippen molar-refractivity contribution in [2.45, 2.75) is 76.3 Å². The number of carbonyl (C=O) groups is 8. The molecular formula is C48H53FN8O10S. The number of rotatable bonds is 21. The van der Waals surface area contributed by atoms with Gasteiger partial charge in [0.15, 0.2) is 5.60 Å². The first-order valence-electron chi connectivity index (χ1n) is 22.4. The van der Waals surface area contributed by atoms with E-state index >= 15 is 0 Å². The number of hydrogen-bond acceptors (Lipinski definition) is 13. The van der Waals surface area contributed by atoms with Gasteiger partial charge in [0.1, 0.15) is 18.5 Å². The first-order chi connectivity index (χ1) is 32.6. The lowest BCUT2D eigenvalue weighted by Crippen LogP contribution is -2.52. The van der Waals surface area contributed by atoms with Gasteiger partial charge in [0.2, 0.25) is 29.5 Å². The lowest BCUT2D eigenvalue weighted by Gasteiger charge is -2.37. The highest BCUT2D eigenvalue weighted by Gasteiger charge is 2.47. The standard InChI is InChI=1S/C48H53FN8O10S/c1-3-48(66)34-18-38-45-32(24-56(38)23-30(34)25-67-47(48)65)33(31-16-28(2)35(49)19-36(31)55-45)26-68-27-53-41(60)21-52-46(64)37(17-29-10-6-4-7-11-29)54-42(61)22-51-40(59)20-50-39(58)12-8-5-9-15-57-43(62)13-14-44(57)63/h4,6-7,10-11,13-14,16,18-19,37,66H,3,5,8-9,12,15,17,20-27H2,1-2H3,(H,50,58)(H,51,59)(H,52,64)(H,53,60)(H,54,61)/t37-,48-/m0/s1. The Morgan fingerprint density at radius 1 is 0.897 bits per heavy atom. The molecule has 0 fully saturated rings. The Morgan fingerprint density at radius 2 is 1.60 bits per heavy atom. The maximum Gasteiger partial charge on any atom is 0.343 e. The van der Waals surface area contributed by atoms with Crippen molar-refractivity contribution < 1.29 is 52.6 Å². The van der Waals surface area contributed by atoms with Crippen molar-refractivity contribution in [1.29, 1.82) is 0 Å². The van der Waals surface area contributed by atoms with Crippen LogP contribution in [-0.2, 0) is 61.8 Å². The number of cyclic esters (lactones) is 1. The van der Waals surface area contributed by atoms with Gasteiger partial charge in [0, 0.05) is 73.0 Å². The maximum absolute atomic E-state index is 14.9. The van der Waals surface area contributed by atoms with Crippen LogP contribution in [0, 0.1) is 12.7 Å². The first kappa shape index (κ1) is 49.0. The third kappa shape index (κ3) is 11.4. The van der Waals surface area contributed by atoms with Crippen LogP contribution in [0.4, 0.5) is 4.39 Å². The number of ether oxygens (including phenoxy) is 1. The Balaban J connectivity index is 0.883. The molecule has 4 aliphatic heterocycles. The van der Waals surface area contributed by atoms with Gasteiger partial charge in [-0.1, -0.05) is 43.7 Å². The van der Waals surface area contributed by atoms with Crippen LogP contribution in [0.5, 0.6) is 0 Å². The van der Waals surface area contributed by atoms with Crippen LogP contribution < -0.4 is 26.6 Å². The van der Waals surface area contributed by atoms with Gasteiger partial charge in [-0.2, -0.15) is 0 Å². The minimum absolute atomic E-state index is 0.0714. The van der Waals surface area contributed by atoms with E-state index in [1.807, 2.05) is 0 Å². The van der Waals surface area contributed by atoms with Crippen molar-refractivity contribution in [3.8, 4) is 0 Å². The molecule has 0 saturated carbocycles. The Kier molecular flexibility index (Phi) is 15.7. The minimum atomic E-state index is -1.78. The minimum Gasteiger partial charge on any atom is -0.459 e. The summed E-state index contributed by atoms with van der Waals surface area (Å²) < 4.78 is 20.3. The average Bonchev–Trinajstić information content (AvgIpc) is 3.85. The number of nitrogens with one attached hydrogen (secondary N) is 5. The SMILES string of the molecule is CC[C@@]1(O)C(=O)OCC2=C1C=C1c3nc4cc(F)c(C)cc4c(CSCNC(=O)CNC(=O)[C@H](Cc4ccccc4)NC(=O)CNC(=O)CNC(=O)CCCCCN4C(=O)C=CC4=O)c3CN1C2. The molecule has 4 aliphatic rings. The second-order valence-corrected chi connectivity index (χ2v) is 17.9. The summed E-state index contributed by atoms with van der Waals surface area (Å²) in [5.74, 6) is -4.04. The summed E-state index contributed by atoms with van der Waals surface area (Å²) in [7, 11) is 0. The van der Waals surface area contributed by atoms with Crippen LogP contribution in [0.25, 0.3) is 16.6 Å². The number of aliphatic hydroxyl groups is 1. The number of hydrogen-bond donors (Lipinski definition) is 6. The molecular weight excluding hydrogens is 900 g/mol. The van der Waals surface area contributed by atoms with Crippen molar-refractivity contribution in [2.24, 2.45) is 0 Å². The highest BCUT2D eigenvalue weighted by atomic mass is 32.2. The zero-order valence-corrected chi connectivity index (χ0v) is 38.5. The second-order valence-electron chi connectivity index (χ2n) is 16.9. The molecule has 2 aromatic carbocycles. The summed E-state index contributed by atoms with van der Waals surface area (Å²) in [5.41, 5.74) is 4.32. The quantitative estimate of drug-likeness (QED) is 0.0386. The van der Waals surface area contributed by atoms with E-state index in [1.165, 1.54) is 30.0 Å². The Hall–Kier alpha value is -6.93. The fourth-order valence-corrected chi connectivity index (χ4v) is 9.31. The molecule has 0 aliphatic carbocycles. The third-order valence-electron chi connectivity index (χ3n) is 12.2. The molecule has 7 rings (SSSR count). The number of benzene rings is 2. The monoisotopic (exact) mass is 952 g/mol. The van der Waals surface area contributed by atoms with Crippen molar-refractivity contribution in [3.05, 3.63) is 106 Å². The van der Waals surface area contributed by atoms with Gasteiger partial charge in [0.05, 0.1) is 42.4 Å². The molecule has 0 saturated heterocycles. The largest absolute Gasteiger partial charge is 0.459 e. The number of nitrogens with zero attached hydrogens (tertiary/aromatic N) is 3. The van der Waals surface area contributed by atoms with Crippen LogP contribution >= 0.6 is 11.8 Å². The molecule has 358 valence electrons. The summed E-state index contributed by atoms with van der Waals surface area (Å²) in [4.78, 5) is 108. The number of unbranched alkanes of at least 4 members (excludes halogenated alkanes) is 2. The first-order valence-corrected chi connectivity index (χ1v) is 23.5. The molecule has 7 amide bonds. The molecule has 0 spiro atoms. The number of thioether (sulfide) groups is 1. The molecule has 68 heavy (non-hydrogen) atoms. The van der Waals surface area contributed by atoms with E-state index in [9.17, 15) is 47.9 Å². The molecule has 6 N–H and O–H groups in total. The number of amides is 7. The van der Waals surface area contributed by atoms with Gasteiger partial charge in [0.25, 0.3) is 11.8 Å². The predicted molar refractivity (Wildman–Crippen MR) is 248 cm³/mol. The van der Waals surface area contributed by atoms with E-state index in [0.29, 0.717) is 60.5 Å². The number of aromatic nitrogens is 1. The zero-order valence-electron chi connectivity index (χ0n) is 37.7. The summed E-state index contributed by atoms with van der Waals surface area (Å²) in [6, 6.07) is 11.0. The van der Waals surface area contributed by atoms with Gasteiger partial charge in [-0.25, -0.2) is 14.2 Å². The van der Waals surface area contributed by atoms with Crippen LogP contribution in [-0.4, -0.2) is 124 Å². The van der Waals surface area contributed by atoms with E-state index < -0.39 is 60.1 Å². The fourth-order valence-electron chi connectivity index (χ4n) is 8.41. The highest BCUT2D eigenvalue weighted by molar-refractivity contribution is 7.98. The zero-order chi connectivity index (χ0) is 48.5. The van der Waals surface area contributed by atoms with Gasteiger partial charge >= 0.3 is 5.97 Å². The van der Waals surface area contributed by atoms with Crippen LogP contribution in [0.2, 0.25) is 0 Å². The molecule has 0 bridgehead atoms. The van der Waals surface area contributed by atoms with E-state index in [2.05, 4.69) is 31.5 Å². The average molecular weight is 953 g/mol. The molecule has 0 radical (unpaired) electrons. The number of imide groups is 1. The molecule has 18 nitrogen and oxygen atoms in total. The van der Waals surface area contributed by atoms with Gasteiger partial charge in [-0.15, -0.1) is 11.8 Å². The summed E-state index contributed by atoms with van der Waals surface area (Å²) in [5, 5.41) is 25.0. The lowest BCUT2D eigenvalue weighted by atomic mass is 9.83. The predicted octanol–water partition coefficient (Wildman–Crippen LogP) is 1.72. The number of aryl methyl sites for hydroxylation is 1. The summed E-state index contributed by atoms with van der Waals surface area (Å²) in [6.45, 7) is 3.37. The Bertz CT molecular complexity index is 2620. The van der Waals surface area contributed by atoms with E-state index in [-0.39, 0.29) is 62.6 Å². The highest BCUT2D eigenvalue weighted by Crippen LogP contribution is 2.44. The Morgan fingerprint density at radius 3 is 2.35 bits per heavy atom. The fraction of sp³-hybridized carbons (Fsp3) is 0.396. The molecule has 3 aromatic rings. The molecule has 20 heteroatoms. The van der Waals surface area contributed by atoms with Crippen molar-refractivity contribution >= 4 is 75.7 Å². The number of pyridine rings is 1. The number of esters is 1. The molecule has 5 heterocycles. The van der Waals surface area contributed by atoms with Crippen LogP contribution in [0.1, 0.15) is 67.0 Å². The summed E-state index contributed by atoms with van der Waals surface area (Å²) in [6.07, 6.45) is 6.18. The summed E-state index contributed by atoms with van der Waals surface area (Å²) >= 11 is 1.40. The normalized spacial score (nSPS) is 17.5. The maximum atomic E-state index is 14.9. The number of halogens is 1. The Labute approximate surface area is 395 Å². The molecule has 0 unspecified atom stereocenters.